The summed E-state index contributed by atoms with van der Waals surface area (Å²) in [6.07, 6.45) is 3.50. The second-order valence-corrected chi connectivity index (χ2v) is 3.97. The predicted octanol–water partition coefficient (Wildman–Crippen LogP) is 0.197. The Hall–Kier alpha value is -1.02. The lowest BCUT2D eigenvalue weighted by molar-refractivity contribution is 0.0230. The fourth-order valence-electron chi connectivity index (χ4n) is 1.34. The van der Waals surface area contributed by atoms with Crippen molar-refractivity contribution < 1.29 is 14.2 Å². The summed E-state index contributed by atoms with van der Waals surface area (Å²) in [6, 6.07) is 0. The molecule has 0 spiro atoms. The van der Waals surface area contributed by atoms with Crippen molar-refractivity contribution in [1.29, 1.82) is 0 Å². The highest BCUT2D eigenvalue weighted by Gasteiger charge is 2.04. The van der Waals surface area contributed by atoms with Crippen molar-refractivity contribution in [2.45, 2.75) is 6.54 Å². The Bertz CT molecular complexity index is 357. The fraction of sp³-hybridized carbons (Fsp3) is 0.636. The van der Waals surface area contributed by atoms with Crippen molar-refractivity contribution >= 4 is 17.2 Å². The van der Waals surface area contributed by atoms with Gasteiger partial charge in [0.2, 0.25) is 0 Å². The van der Waals surface area contributed by atoms with Gasteiger partial charge in [-0.3, -0.25) is 0 Å². The molecule has 0 fully saturated rings. The molecular weight excluding hydrogens is 254 g/mol. The normalized spacial score (nSPS) is 10.7. The molecule has 0 radical (unpaired) electrons. The molecule has 1 aromatic rings. The lowest BCUT2D eigenvalue weighted by atomic mass is 10.5. The Kier molecular flexibility index (Phi) is 7.51. The minimum atomic E-state index is 0.294. The highest BCUT2D eigenvalue weighted by Crippen LogP contribution is 1.97. The van der Waals surface area contributed by atoms with Crippen molar-refractivity contribution in [3.63, 3.8) is 0 Å². The van der Waals surface area contributed by atoms with Crippen LogP contribution < -0.4 is 5.73 Å². The molecule has 1 rings (SSSR count). The van der Waals surface area contributed by atoms with E-state index < -0.39 is 0 Å². The van der Waals surface area contributed by atoms with E-state index in [0.717, 1.165) is 0 Å². The van der Waals surface area contributed by atoms with Gasteiger partial charge in [0.1, 0.15) is 4.99 Å². The van der Waals surface area contributed by atoms with Gasteiger partial charge in [0.15, 0.2) is 5.82 Å². The zero-order valence-corrected chi connectivity index (χ0v) is 11.3. The summed E-state index contributed by atoms with van der Waals surface area (Å²) >= 11 is 4.89. The van der Waals surface area contributed by atoms with Crippen molar-refractivity contribution in [1.82, 2.24) is 9.55 Å². The second kappa shape index (κ2) is 8.98. The molecule has 0 unspecified atom stereocenters. The van der Waals surface area contributed by atoms with Gasteiger partial charge >= 0.3 is 0 Å². The van der Waals surface area contributed by atoms with Crippen molar-refractivity contribution in [3.05, 3.63) is 18.2 Å². The molecule has 0 aliphatic carbocycles. The highest BCUT2D eigenvalue weighted by atomic mass is 32.1. The number of aromatic nitrogens is 2. The number of hydrogen-bond acceptors (Lipinski definition) is 5. The molecule has 0 atom stereocenters. The van der Waals surface area contributed by atoms with Crippen LogP contribution in [0, 0.1) is 0 Å². The van der Waals surface area contributed by atoms with Crippen LogP contribution in [0.1, 0.15) is 5.82 Å². The smallest absolute Gasteiger partial charge is 0.167 e. The van der Waals surface area contributed by atoms with Crippen molar-refractivity contribution in [2.24, 2.45) is 5.73 Å². The summed E-state index contributed by atoms with van der Waals surface area (Å²) in [4.78, 5) is 4.36. The molecule has 0 saturated heterocycles. The molecule has 0 aromatic carbocycles. The third-order valence-electron chi connectivity index (χ3n) is 2.22. The SMILES string of the molecule is COCCOCCOCCn1ccnc1C(N)=S. The van der Waals surface area contributed by atoms with Crippen LogP contribution in [0.2, 0.25) is 0 Å². The van der Waals surface area contributed by atoms with Crippen LogP contribution in [0.5, 0.6) is 0 Å². The molecule has 0 aliphatic rings. The topological polar surface area (TPSA) is 71.5 Å². The summed E-state index contributed by atoms with van der Waals surface area (Å²) in [5.41, 5.74) is 5.53. The Morgan fingerprint density at radius 3 is 2.61 bits per heavy atom. The quantitative estimate of drug-likeness (QED) is 0.485. The molecule has 102 valence electrons. The Balaban J connectivity index is 2.07. The lowest BCUT2D eigenvalue weighted by Gasteiger charge is -2.08. The second-order valence-electron chi connectivity index (χ2n) is 3.53. The number of methoxy groups -OCH3 is 1. The molecular formula is C11H19N3O3S. The molecule has 1 aromatic heterocycles. The summed E-state index contributed by atoms with van der Waals surface area (Å²) in [5, 5.41) is 0. The molecule has 0 amide bonds. The van der Waals surface area contributed by atoms with Crippen LogP contribution in [0.3, 0.4) is 0 Å². The Labute approximate surface area is 112 Å². The van der Waals surface area contributed by atoms with Crippen LogP contribution in [0.15, 0.2) is 12.4 Å². The molecule has 18 heavy (non-hydrogen) atoms. The van der Waals surface area contributed by atoms with E-state index >= 15 is 0 Å². The van der Waals surface area contributed by atoms with E-state index in [1.165, 1.54) is 0 Å². The molecule has 0 saturated carbocycles. The number of hydrogen-bond donors (Lipinski definition) is 1. The zero-order valence-electron chi connectivity index (χ0n) is 10.5. The summed E-state index contributed by atoms with van der Waals surface area (Å²) in [7, 11) is 1.64. The van der Waals surface area contributed by atoms with E-state index in [1.807, 2.05) is 10.8 Å². The maximum Gasteiger partial charge on any atom is 0.167 e. The number of ether oxygens (including phenoxy) is 3. The van der Waals surface area contributed by atoms with E-state index in [1.54, 1.807) is 13.3 Å². The van der Waals surface area contributed by atoms with E-state index in [0.29, 0.717) is 50.4 Å². The maximum atomic E-state index is 5.53. The highest BCUT2D eigenvalue weighted by molar-refractivity contribution is 7.80. The van der Waals surface area contributed by atoms with E-state index in [4.69, 9.17) is 32.2 Å². The number of thiocarbonyl (C=S) groups is 1. The lowest BCUT2D eigenvalue weighted by Crippen LogP contribution is -2.19. The first-order valence-electron chi connectivity index (χ1n) is 5.71. The van der Waals surface area contributed by atoms with E-state index in [9.17, 15) is 0 Å². The number of imidazole rings is 1. The van der Waals surface area contributed by atoms with Gasteiger partial charge in [-0.1, -0.05) is 12.2 Å². The largest absolute Gasteiger partial charge is 0.387 e. The minimum absolute atomic E-state index is 0.294. The Morgan fingerprint density at radius 1 is 1.28 bits per heavy atom. The van der Waals surface area contributed by atoms with Crippen LogP contribution in [0.4, 0.5) is 0 Å². The number of rotatable bonds is 10. The molecule has 7 heteroatoms. The molecule has 6 nitrogen and oxygen atoms in total. The maximum absolute atomic E-state index is 5.53. The van der Waals surface area contributed by atoms with E-state index in [2.05, 4.69) is 4.98 Å². The third kappa shape index (κ3) is 5.54. The molecule has 2 N–H and O–H groups in total. The fourth-order valence-corrected chi connectivity index (χ4v) is 1.51. The minimum Gasteiger partial charge on any atom is -0.387 e. The standard InChI is InChI=1S/C11H19N3O3S/c1-15-6-7-17-9-8-16-5-4-14-3-2-13-11(14)10(12)18/h2-3H,4-9H2,1H3,(H2,12,18). The van der Waals surface area contributed by atoms with Gasteiger partial charge in [0.25, 0.3) is 0 Å². The zero-order chi connectivity index (χ0) is 13.2. The third-order valence-corrected chi connectivity index (χ3v) is 2.40. The summed E-state index contributed by atoms with van der Waals surface area (Å²) in [6.45, 7) is 3.56. The van der Waals surface area contributed by atoms with Crippen LogP contribution in [-0.2, 0) is 20.8 Å². The first-order chi connectivity index (χ1) is 8.75. The Morgan fingerprint density at radius 2 is 1.94 bits per heavy atom. The van der Waals surface area contributed by atoms with Gasteiger partial charge in [0.05, 0.1) is 33.0 Å². The van der Waals surface area contributed by atoms with Gasteiger partial charge in [0, 0.05) is 26.0 Å². The van der Waals surface area contributed by atoms with Crippen LogP contribution >= 0.6 is 12.2 Å². The first-order valence-corrected chi connectivity index (χ1v) is 6.12. The molecule has 0 bridgehead atoms. The van der Waals surface area contributed by atoms with Crippen LogP contribution in [0.25, 0.3) is 0 Å². The first kappa shape index (κ1) is 15.0. The van der Waals surface area contributed by atoms with Crippen molar-refractivity contribution in [2.75, 3.05) is 40.1 Å². The van der Waals surface area contributed by atoms with Crippen molar-refractivity contribution in [3.8, 4) is 0 Å². The summed E-state index contributed by atoms with van der Waals surface area (Å²) in [5.74, 6) is 0.616. The predicted molar refractivity (Wildman–Crippen MR) is 71.6 cm³/mol. The monoisotopic (exact) mass is 273 g/mol. The van der Waals surface area contributed by atoms with Gasteiger partial charge in [-0.05, 0) is 0 Å². The molecule has 1 heterocycles. The van der Waals surface area contributed by atoms with Gasteiger partial charge in [-0.15, -0.1) is 0 Å². The average molecular weight is 273 g/mol. The summed E-state index contributed by atoms with van der Waals surface area (Å²) < 4.78 is 17.4. The van der Waals surface area contributed by atoms with Gasteiger partial charge < -0.3 is 24.5 Å². The van der Waals surface area contributed by atoms with Crippen LogP contribution in [-0.4, -0.2) is 54.7 Å². The van der Waals surface area contributed by atoms with Gasteiger partial charge in [-0.25, -0.2) is 4.98 Å². The van der Waals surface area contributed by atoms with Gasteiger partial charge in [-0.2, -0.15) is 0 Å². The van der Waals surface area contributed by atoms with E-state index in [-0.39, 0.29) is 0 Å². The number of nitrogens with two attached hydrogens (primary N) is 1. The molecule has 0 aliphatic heterocycles. The number of nitrogens with zero attached hydrogens (tertiary/aromatic N) is 2. The average Bonchev–Trinajstić information content (AvgIpc) is 2.81.